The van der Waals surface area contributed by atoms with Gasteiger partial charge in [0.1, 0.15) is 25.4 Å². The van der Waals surface area contributed by atoms with Gasteiger partial charge in [-0.2, -0.15) is 8.42 Å². The number of rotatable bonds is 14. The summed E-state index contributed by atoms with van der Waals surface area (Å²) in [5, 5.41) is 0. The molecule has 0 aliphatic carbocycles. The van der Waals surface area contributed by atoms with Gasteiger partial charge in [-0.25, -0.2) is 8.42 Å². The average Bonchev–Trinajstić information content (AvgIpc) is 3.35. The Balaban J connectivity index is 0.000000293. The molecule has 0 radical (unpaired) electrons. The second-order valence-corrected chi connectivity index (χ2v) is 16.8. The van der Waals surface area contributed by atoms with Crippen LogP contribution in [0.5, 0.6) is 23.0 Å². The molecule has 1 N–H and O–H groups in total. The maximum absolute atomic E-state index is 10.6. The predicted octanol–water partition coefficient (Wildman–Crippen LogP) is 6.98. The molecule has 0 bridgehead atoms. The van der Waals surface area contributed by atoms with E-state index in [1.165, 1.54) is 0 Å². The molecule has 2 aliphatic heterocycles. The van der Waals surface area contributed by atoms with Gasteiger partial charge >= 0.3 is 0 Å². The second kappa shape index (κ2) is 17.2. The van der Waals surface area contributed by atoms with Gasteiger partial charge in [0.2, 0.25) is 0 Å². The van der Waals surface area contributed by atoms with Crippen LogP contribution in [-0.2, 0) is 20.2 Å². The van der Waals surface area contributed by atoms with Crippen LogP contribution in [0.2, 0.25) is 0 Å². The van der Waals surface area contributed by atoms with E-state index in [1.807, 2.05) is 27.7 Å². The van der Waals surface area contributed by atoms with Crippen LogP contribution >= 0.6 is 22.7 Å². The molecule has 43 heavy (non-hydrogen) atoms. The van der Waals surface area contributed by atoms with Gasteiger partial charge in [0.05, 0.1) is 15.9 Å². The minimum absolute atomic E-state index is 0. The molecule has 0 saturated carbocycles. The highest BCUT2D eigenvalue weighted by molar-refractivity contribution is 7.85. The van der Waals surface area contributed by atoms with Crippen LogP contribution in [0.25, 0.3) is 0 Å². The minimum Gasteiger partial charge on any atom is -0.748 e. The van der Waals surface area contributed by atoms with E-state index in [-0.39, 0.29) is 31.1 Å². The van der Waals surface area contributed by atoms with Crippen molar-refractivity contribution in [1.82, 2.24) is 0 Å². The van der Waals surface area contributed by atoms with E-state index in [2.05, 4.69) is 0 Å². The summed E-state index contributed by atoms with van der Waals surface area (Å²) in [5.41, 5.74) is 0. The number of fused-ring (bicyclic) bond motifs is 2. The van der Waals surface area contributed by atoms with Gasteiger partial charge in [-0.1, -0.05) is 33.1 Å². The Bertz CT molecular complexity index is 1260. The average molecular weight is 684 g/mol. The zero-order valence-electron chi connectivity index (χ0n) is 24.8. The van der Waals surface area contributed by atoms with Crippen LogP contribution in [0, 0.1) is 27.7 Å². The first-order valence-corrected chi connectivity index (χ1v) is 19.2. The summed E-state index contributed by atoms with van der Waals surface area (Å²) in [6, 6.07) is 0. The Morgan fingerprint density at radius 2 is 1.02 bits per heavy atom. The van der Waals surface area contributed by atoms with Gasteiger partial charge in [0, 0.05) is 25.3 Å². The quantitative estimate of drug-likeness (QED) is 0.163. The molecule has 0 saturated heterocycles. The molecule has 10 nitrogen and oxygen atoms in total. The zero-order chi connectivity index (χ0) is 30.9. The predicted molar refractivity (Wildman–Crippen MR) is 171 cm³/mol. The molecule has 0 aromatic carbocycles. The van der Waals surface area contributed by atoms with Crippen LogP contribution in [0.15, 0.2) is 0 Å². The van der Waals surface area contributed by atoms with Crippen molar-refractivity contribution in [2.75, 3.05) is 24.7 Å². The third-order valence-corrected chi connectivity index (χ3v) is 10.6. The molecule has 248 valence electrons. The van der Waals surface area contributed by atoms with Crippen LogP contribution < -0.4 is 18.9 Å². The molecule has 0 spiro atoms. The highest BCUT2D eigenvalue weighted by Crippen LogP contribution is 2.45. The van der Waals surface area contributed by atoms with E-state index >= 15 is 0 Å². The Hall–Kier alpha value is -1.58. The van der Waals surface area contributed by atoms with E-state index in [0.29, 0.717) is 26.1 Å². The smallest absolute Gasteiger partial charge is 0.264 e. The SMILES string of the molecule is C.Cc1sc(C)c2c1OCC(CCCCCCS(=O)(=O)O)O2.Cc1sc(C)c2c1OCC(CCCCCCS(=O)(=O)[O-])O2. The van der Waals surface area contributed by atoms with Crippen molar-refractivity contribution in [3.63, 3.8) is 0 Å². The molecule has 4 heterocycles. The Kier molecular flexibility index (Phi) is 15.0. The highest BCUT2D eigenvalue weighted by Gasteiger charge is 2.27. The molecule has 2 aromatic rings. The summed E-state index contributed by atoms with van der Waals surface area (Å²) >= 11 is 3.38. The van der Waals surface area contributed by atoms with E-state index < -0.39 is 20.2 Å². The van der Waals surface area contributed by atoms with Gasteiger partial charge < -0.3 is 23.5 Å². The van der Waals surface area contributed by atoms with Crippen LogP contribution in [-0.4, -0.2) is 62.9 Å². The molecule has 2 atom stereocenters. The maximum Gasteiger partial charge on any atom is 0.264 e. The van der Waals surface area contributed by atoms with Crippen molar-refractivity contribution in [2.45, 2.75) is 112 Å². The highest BCUT2D eigenvalue weighted by atomic mass is 32.2. The topological polar surface area (TPSA) is 148 Å². The molecule has 0 fully saturated rings. The summed E-state index contributed by atoms with van der Waals surface area (Å²) in [7, 11) is -7.87. The van der Waals surface area contributed by atoms with Gasteiger partial charge in [-0.05, 0) is 66.2 Å². The molecule has 4 rings (SSSR count). The fourth-order valence-electron chi connectivity index (χ4n) is 4.94. The van der Waals surface area contributed by atoms with Gasteiger partial charge in [-0.3, -0.25) is 4.55 Å². The van der Waals surface area contributed by atoms with Crippen molar-refractivity contribution >= 4 is 42.9 Å². The first-order chi connectivity index (χ1) is 19.7. The van der Waals surface area contributed by atoms with Crippen LogP contribution in [0.3, 0.4) is 0 Å². The minimum atomic E-state index is -4.06. The number of hydrogen-bond acceptors (Lipinski definition) is 11. The summed E-state index contributed by atoms with van der Waals surface area (Å²) in [6.07, 6.45) is 8.20. The lowest BCUT2D eigenvalue weighted by molar-refractivity contribution is 0.0829. The zero-order valence-corrected chi connectivity index (χ0v) is 28.1. The van der Waals surface area contributed by atoms with Crippen molar-refractivity contribution in [3.8, 4) is 23.0 Å². The first-order valence-electron chi connectivity index (χ1n) is 14.4. The monoisotopic (exact) mass is 683 g/mol. The van der Waals surface area contributed by atoms with Crippen molar-refractivity contribution < 1.29 is 44.9 Å². The summed E-state index contributed by atoms with van der Waals surface area (Å²) in [6.45, 7) is 9.29. The molecule has 14 heteroatoms. The largest absolute Gasteiger partial charge is 0.748 e. The third-order valence-electron chi connectivity index (χ3n) is 7.05. The summed E-state index contributed by atoms with van der Waals surface area (Å²) in [4.78, 5) is 4.61. The lowest BCUT2D eigenvalue weighted by atomic mass is 10.1. The lowest BCUT2D eigenvalue weighted by Gasteiger charge is -2.25. The lowest BCUT2D eigenvalue weighted by Crippen LogP contribution is -2.28. The number of hydrogen-bond donors (Lipinski definition) is 1. The molecule has 2 unspecified atom stereocenters. The fourth-order valence-corrected chi connectivity index (χ4v) is 7.95. The van der Waals surface area contributed by atoms with Gasteiger partial charge in [0.15, 0.2) is 23.0 Å². The Morgan fingerprint density at radius 1 is 0.651 bits per heavy atom. The van der Waals surface area contributed by atoms with Gasteiger partial charge in [0.25, 0.3) is 10.1 Å². The normalized spacial score (nSPS) is 17.5. The first kappa shape index (κ1) is 37.6. The van der Waals surface area contributed by atoms with Crippen molar-refractivity contribution in [3.05, 3.63) is 19.5 Å². The van der Waals surface area contributed by atoms with E-state index in [9.17, 15) is 21.4 Å². The van der Waals surface area contributed by atoms with E-state index in [4.69, 9.17) is 23.5 Å². The standard InChI is InChI=1S/2C14H22O5S2.CH4/c2*1-10-13-14(11(2)20-10)19-12(9-18-13)7-5-3-4-6-8-21(15,16)17;/h2*12H,3-9H2,1-2H3,(H,15,16,17);1H4/p-1. The van der Waals surface area contributed by atoms with Crippen LogP contribution in [0.4, 0.5) is 0 Å². The van der Waals surface area contributed by atoms with Crippen LogP contribution in [0.1, 0.15) is 91.1 Å². The fraction of sp³-hybridized carbons (Fsp3) is 0.724. The summed E-state index contributed by atoms with van der Waals surface area (Å²) < 4.78 is 84.7. The second-order valence-electron chi connectivity index (χ2n) is 10.8. The molecular formula is C29H47O10S4-. The Labute approximate surface area is 265 Å². The number of thiophene rings is 2. The molecular weight excluding hydrogens is 637 g/mol. The van der Waals surface area contributed by atoms with E-state index in [0.717, 1.165) is 93.9 Å². The maximum atomic E-state index is 10.6. The van der Waals surface area contributed by atoms with Crippen molar-refractivity contribution in [2.24, 2.45) is 0 Å². The van der Waals surface area contributed by atoms with Gasteiger partial charge in [-0.15, -0.1) is 22.7 Å². The molecule has 2 aliphatic rings. The number of unbranched alkanes of at least 4 members (excludes halogenated alkanes) is 6. The van der Waals surface area contributed by atoms with E-state index in [1.54, 1.807) is 22.7 Å². The third kappa shape index (κ3) is 12.7. The summed E-state index contributed by atoms with van der Waals surface area (Å²) in [5.74, 6) is 3.14. The van der Waals surface area contributed by atoms with Crippen molar-refractivity contribution in [1.29, 1.82) is 0 Å². The number of aryl methyl sites for hydroxylation is 4. The molecule has 2 aromatic heterocycles. The molecule has 0 amide bonds. The Morgan fingerprint density at radius 3 is 1.42 bits per heavy atom. The number of ether oxygens (including phenoxy) is 4.